The first kappa shape index (κ1) is 12.2. The molecule has 0 unspecified atom stereocenters. The highest BCUT2D eigenvalue weighted by Crippen LogP contribution is 2.30. The zero-order valence-electron chi connectivity index (χ0n) is 10.4. The van der Waals surface area contributed by atoms with Crippen molar-refractivity contribution >= 4 is 23.3 Å². The molecule has 2 amide bonds. The number of rotatable bonds is 0. The number of hydrogen-bond acceptors (Lipinski definition) is 1. The van der Waals surface area contributed by atoms with Crippen molar-refractivity contribution in [2.75, 3.05) is 11.4 Å². The molecule has 1 heterocycles. The molecule has 92 valence electrons. The van der Waals surface area contributed by atoms with Gasteiger partial charge in [-0.05, 0) is 51.0 Å². The van der Waals surface area contributed by atoms with Gasteiger partial charge in [0.05, 0.1) is 0 Å². The van der Waals surface area contributed by atoms with Crippen LogP contribution in [0.3, 0.4) is 0 Å². The maximum Gasteiger partial charge on any atom is 0.322 e. The Balaban J connectivity index is 2.20. The molecule has 1 aliphatic rings. The topological polar surface area (TPSA) is 32.3 Å². The Hall–Kier alpha value is -1.22. The number of urea groups is 1. The molecule has 2 rings (SSSR count). The van der Waals surface area contributed by atoms with Crippen LogP contribution in [-0.4, -0.2) is 18.1 Å². The molecule has 0 saturated carbocycles. The molecule has 0 aliphatic carbocycles. The van der Waals surface area contributed by atoms with Crippen molar-refractivity contribution in [1.29, 1.82) is 0 Å². The number of carbonyl (C=O) groups excluding carboxylic acids is 1. The zero-order valence-corrected chi connectivity index (χ0v) is 11.1. The van der Waals surface area contributed by atoms with Gasteiger partial charge in [-0.2, -0.15) is 0 Å². The molecule has 0 fully saturated rings. The number of carbonyl (C=O) groups is 1. The minimum atomic E-state index is -0.216. The normalized spacial score (nSPS) is 14.7. The zero-order chi connectivity index (χ0) is 12.6. The van der Waals surface area contributed by atoms with Gasteiger partial charge in [-0.1, -0.05) is 11.6 Å². The number of anilines is 1. The predicted molar refractivity (Wildman–Crippen MR) is 70.8 cm³/mol. The van der Waals surface area contributed by atoms with E-state index < -0.39 is 0 Å². The Kier molecular flexibility index (Phi) is 3.04. The SMILES string of the molecule is CC(C)(C)NC(=O)N1CCc2cc(Cl)ccc21. The number of nitrogens with one attached hydrogen (secondary N) is 1. The average Bonchev–Trinajstić information content (AvgIpc) is 2.57. The van der Waals surface area contributed by atoms with Crippen molar-refractivity contribution in [3.63, 3.8) is 0 Å². The van der Waals surface area contributed by atoms with Gasteiger partial charge in [-0.3, -0.25) is 4.90 Å². The number of halogens is 1. The first-order valence-electron chi connectivity index (χ1n) is 5.75. The molecule has 4 heteroatoms. The highest BCUT2D eigenvalue weighted by Gasteiger charge is 2.26. The van der Waals surface area contributed by atoms with E-state index in [0.29, 0.717) is 0 Å². The van der Waals surface area contributed by atoms with E-state index in [0.717, 1.165) is 29.2 Å². The van der Waals surface area contributed by atoms with E-state index in [4.69, 9.17) is 11.6 Å². The van der Waals surface area contributed by atoms with Gasteiger partial charge < -0.3 is 5.32 Å². The lowest BCUT2D eigenvalue weighted by molar-refractivity contribution is 0.238. The van der Waals surface area contributed by atoms with Gasteiger partial charge in [-0.25, -0.2) is 4.79 Å². The van der Waals surface area contributed by atoms with E-state index >= 15 is 0 Å². The lowest BCUT2D eigenvalue weighted by Gasteiger charge is -2.25. The van der Waals surface area contributed by atoms with Crippen molar-refractivity contribution in [3.05, 3.63) is 28.8 Å². The summed E-state index contributed by atoms with van der Waals surface area (Å²) in [5, 5.41) is 3.69. The number of nitrogens with zero attached hydrogens (tertiary/aromatic N) is 1. The van der Waals surface area contributed by atoms with Crippen LogP contribution < -0.4 is 10.2 Å². The Bertz CT molecular complexity index is 451. The van der Waals surface area contributed by atoms with Crippen LogP contribution in [0.15, 0.2) is 18.2 Å². The lowest BCUT2D eigenvalue weighted by Crippen LogP contribution is -2.48. The molecule has 3 nitrogen and oxygen atoms in total. The van der Waals surface area contributed by atoms with Gasteiger partial charge in [0.25, 0.3) is 0 Å². The Labute approximate surface area is 107 Å². The number of amides is 2. The van der Waals surface area contributed by atoms with E-state index in [1.807, 2.05) is 39.0 Å². The molecule has 17 heavy (non-hydrogen) atoms. The molecule has 1 aliphatic heterocycles. The average molecular weight is 253 g/mol. The van der Waals surface area contributed by atoms with Gasteiger partial charge in [0, 0.05) is 22.8 Å². The maximum absolute atomic E-state index is 12.1. The summed E-state index contributed by atoms with van der Waals surface area (Å²) in [6.07, 6.45) is 0.869. The van der Waals surface area contributed by atoms with Gasteiger partial charge >= 0.3 is 6.03 Å². The van der Waals surface area contributed by atoms with E-state index in [1.165, 1.54) is 0 Å². The summed E-state index contributed by atoms with van der Waals surface area (Å²) in [5.74, 6) is 0. The highest BCUT2D eigenvalue weighted by molar-refractivity contribution is 6.30. The van der Waals surface area contributed by atoms with Crippen molar-refractivity contribution in [2.45, 2.75) is 32.7 Å². The van der Waals surface area contributed by atoms with Crippen LogP contribution in [0.1, 0.15) is 26.3 Å². The number of hydrogen-bond donors (Lipinski definition) is 1. The molecule has 1 aromatic carbocycles. The summed E-state index contributed by atoms with van der Waals surface area (Å²) in [7, 11) is 0. The molecule has 0 spiro atoms. The van der Waals surface area contributed by atoms with E-state index in [-0.39, 0.29) is 11.6 Å². The van der Waals surface area contributed by atoms with Crippen LogP contribution in [0.5, 0.6) is 0 Å². The predicted octanol–water partition coefficient (Wildman–Crippen LogP) is 3.21. The van der Waals surface area contributed by atoms with Crippen molar-refractivity contribution in [3.8, 4) is 0 Å². The molecule has 0 radical (unpaired) electrons. The third-order valence-corrected chi connectivity index (χ3v) is 2.90. The Morgan fingerprint density at radius 1 is 1.41 bits per heavy atom. The van der Waals surface area contributed by atoms with Crippen molar-refractivity contribution < 1.29 is 4.79 Å². The van der Waals surface area contributed by atoms with Gasteiger partial charge in [-0.15, -0.1) is 0 Å². The smallest absolute Gasteiger partial charge is 0.322 e. The number of fused-ring (bicyclic) bond motifs is 1. The van der Waals surface area contributed by atoms with Crippen molar-refractivity contribution in [1.82, 2.24) is 5.32 Å². The molecule has 0 aromatic heterocycles. The summed E-state index contributed by atoms with van der Waals surface area (Å²) in [4.78, 5) is 13.9. The molecule has 0 bridgehead atoms. The molecule has 0 saturated heterocycles. The fraction of sp³-hybridized carbons (Fsp3) is 0.462. The van der Waals surface area contributed by atoms with Gasteiger partial charge in [0.1, 0.15) is 0 Å². The fourth-order valence-corrected chi connectivity index (χ4v) is 2.16. The Morgan fingerprint density at radius 3 is 2.76 bits per heavy atom. The first-order chi connectivity index (χ1) is 7.87. The minimum absolute atomic E-state index is 0.0430. The number of benzene rings is 1. The summed E-state index contributed by atoms with van der Waals surface area (Å²) in [5.41, 5.74) is 1.89. The van der Waals surface area contributed by atoms with E-state index in [9.17, 15) is 4.79 Å². The molecule has 1 N–H and O–H groups in total. The third-order valence-electron chi connectivity index (χ3n) is 2.66. The minimum Gasteiger partial charge on any atom is -0.333 e. The van der Waals surface area contributed by atoms with Crippen LogP contribution >= 0.6 is 11.6 Å². The van der Waals surface area contributed by atoms with Crippen LogP contribution in [0, 0.1) is 0 Å². The van der Waals surface area contributed by atoms with E-state index in [2.05, 4.69) is 5.32 Å². The van der Waals surface area contributed by atoms with Crippen molar-refractivity contribution in [2.24, 2.45) is 0 Å². The quantitative estimate of drug-likeness (QED) is 0.756. The fourth-order valence-electron chi connectivity index (χ4n) is 1.97. The monoisotopic (exact) mass is 252 g/mol. The summed E-state index contributed by atoms with van der Waals surface area (Å²) >= 11 is 5.94. The van der Waals surface area contributed by atoms with Crippen LogP contribution in [0.2, 0.25) is 5.02 Å². The summed E-state index contributed by atoms with van der Waals surface area (Å²) in [6.45, 7) is 6.65. The second kappa shape index (κ2) is 4.22. The van der Waals surface area contributed by atoms with Gasteiger partial charge in [0.15, 0.2) is 0 Å². The molecule has 1 aromatic rings. The van der Waals surface area contributed by atoms with Crippen LogP contribution in [0.25, 0.3) is 0 Å². The maximum atomic E-state index is 12.1. The second-order valence-electron chi connectivity index (χ2n) is 5.35. The van der Waals surface area contributed by atoms with Crippen LogP contribution in [-0.2, 0) is 6.42 Å². The van der Waals surface area contributed by atoms with Crippen LogP contribution in [0.4, 0.5) is 10.5 Å². The first-order valence-corrected chi connectivity index (χ1v) is 6.13. The molecule has 0 atom stereocenters. The summed E-state index contributed by atoms with van der Waals surface area (Å²) in [6, 6.07) is 5.62. The standard InChI is InChI=1S/C13H17ClN2O/c1-13(2,3)15-12(17)16-7-6-9-8-10(14)4-5-11(9)16/h4-5,8H,6-7H2,1-3H3,(H,15,17). The van der Waals surface area contributed by atoms with E-state index in [1.54, 1.807) is 4.90 Å². The highest BCUT2D eigenvalue weighted by atomic mass is 35.5. The second-order valence-corrected chi connectivity index (χ2v) is 5.79. The lowest BCUT2D eigenvalue weighted by atomic mass is 10.1. The largest absolute Gasteiger partial charge is 0.333 e. The Morgan fingerprint density at radius 2 is 2.12 bits per heavy atom. The summed E-state index contributed by atoms with van der Waals surface area (Å²) < 4.78 is 0. The molecular weight excluding hydrogens is 236 g/mol. The van der Waals surface area contributed by atoms with Gasteiger partial charge in [0.2, 0.25) is 0 Å². The third kappa shape index (κ3) is 2.72. The molecular formula is C13H17ClN2O.